The summed E-state index contributed by atoms with van der Waals surface area (Å²) in [6.45, 7) is 5.58. The standard InChI is InChI=1S/C16H20N4O2/c1-16(2,3)19-14(21)10-18-15(22)13-9-17-11-20(13)12-7-5-4-6-8-12/h4-9,11H,10H2,1-3H3,(H,18,22)(H,19,21). The molecule has 2 N–H and O–H groups in total. The quantitative estimate of drug-likeness (QED) is 0.899. The number of hydrogen-bond donors (Lipinski definition) is 2. The predicted molar refractivity (Wildman–Crippen MR) is 83.8 cm³/mol. The van der Waals surface area contributed by atoms with Gasteiger partial charge in [0.15, 0.2) is 0 Å². The molecule has 0 saturated carbocycles. The van der Waals surface area contributed by atoms with Crippen LogP contribution in [0.15, 0.2) is 42.9 Å². The van der Waals surface area contributed by atoms with E-state index in [1.807, 2.05) is 51.1 Å². The number of nitrogens with one attached hydrogen (secondary N) is 2. The third-order valence-electron chi connectivity index (χ3n) is 2.83. The molecule has 2 amide bonds. The van der Waals surface area contributed by atoms with Crippen LogP contribution in [0.3, 0.4) is 0 Å². The second-order valence-electron chi connectivity index (χ2n) is 5.97. The number of amides is 2. The van der Waals surface area contributed by atoms with Gasteiger partial charge in [0.1, 0.15) is 5.69 Å². The molecule has 1 aromatic carbocycles. The normalized spacial score (nSPS) is 11.0. The first-order valence-corrected chi connectivity index (χ1v) is 7.04. The zero-order valence-corrected chi connectivity index (χ0v) is 13.0. The second kappa shape index (κ2) is 6.43. The highest BCUT2D eigenvalue weighted by Crippen LogP contribution is 2.10. The van der Waals surface area contributed by atoms with Gasteiger partial charge in [0, 0.05) is 11.2 Å². The molecule has 116 valence electrons. The SMILES string of the molecule is CC(C)(C)NC(=O)CNC(=O)c1cncn1-c1ccccc1. The third-order valence-corrected chi connectivity index (χ3v) is 2.83. The molecule has 2 aromatic rings. The van der Waals surface area contributed by atoms with E-state index in [-0.39, 0.29) is 23.9 Å². The molecule has 0 spiro atoms. The smallest absolute Gasteiger partial charge is 0.270 e. The number of carbonyl (C=O) groups is 2. The summed E-state index contributed by atoms with van der Waals surface area (Å²) in [5, 5.41) is 5.40. The van der Waals surface area contributed by atoms with Crippen molar-refractivity contribution in [1.29, 1.82) is 0 Å². The first kappa shape index (κ1) is 15.8. The summed E-state index contributed by atoms with van der Waals surface area (Å²) >= 11 is 0. The van der Waals surface area contributed by atoms with E-state index in [9.17, 15) is 9.59 Å². The first-order valence-electron chi connectivity index (χ1n) is 7.04. The zero-order chi connectivity index (χ0) is 16.2. The molecule has 22 heavy (non-hydrogen) atoms. The molecule has 6 nitrogen and oxygen atoms in total. The molecule has 0 bridgehead atoms. The number of hydrogen-bond acceptors (Lipinski definition) is 3. The summed E-state index contributed by atoms with van der Waals surface area (Å²) in [5.41, 5.74) is 0.896. The third kappa shape index (κ3) is 4.18. The molecular weight excluding hydrogens is 280 g/mol. The average Bonchev–Trinajstić information content (AvgIpc) is 2.93. The summed E-state index contributed by atoms with van der Waals surface area (Å²) < 4.78 is 1.68. The first-order chi connectivity index (χ1) is 10.4. The van der Waals surface area contributed by atoms with E-state index in [1.165, 1.54) is 6.20 Å². The van der Waals surface area contributed by atoms with Gasteiger partial charge in [-0.15, -0.1) is 0 Å². The molecule has 0 atom stereocenters. The van der Waals surface area contributed by atoms with Crippen LogP contribution in [0.4, 0.5) is 0 Å². The molecule has 2 rings (SSSR count). The number of carbonyl (C=O) groups excluding carboxylic acids is 2. The monoisotopic (exact) mass is 300 g/mol. The van der Waals surface area contributed by atoms with Gasteiger partial charge in [0.2, 0.25) is 5.91 Å². The van der Waals surface area contributed by atoms with Crippen LogP contribution in [0, 0.1) is 0 Å². The van der Waals surface area contributed by atoms with Crippen LogP contribution in [-0.4, -0.2) is 33.4 Å². The molecule has 1 heterocycles. The van der Waals surface area contributed by atoms with Crippen molar-refractivity contribution in [2.24, 2.45) is 0 Å². The highest BCUT2D eigenvalue weighted by atomic mass is 16.2. The lowest BCUT2D eigenvalue weighted by Crippen LogP contribution is -2.46. The van der Waals surface area contributed by atoms with Crippen molar-refractivity contribution in [3.05, 3.63) is 48.5 Å². The van der Waals surface area contributed by atoms with Crippen molar-refractivity contribution in [1.82, 2.24) is 20.2 Å². The summed E-state index contributed by atoms with van der Waals surface area (Å²) in [6, 6.07) is 9.42. The predicted octanol–water partition coefficient (Wildman–Crippen LogP) is 1.52. The maximum absolute atomic E-state index is 12.2. The lowest BCUT2D eigenvalue weighted by molar-refractivity contribution is -0.121. The molecular formula is C16H20N4O2. The Morgan fingerprint density at radius 1 is 1.18 bits per heavy atom. The molecule has 0 unspecified atom stereocenters. The number of benzene rings is 1. The zero-order valence-electron chi connectivity index (χ0n) is 13.0. The number of rotatable bonds is 4. The Labute approximate surface area is 129 Å². The topological polar surface area (TPSA) is 76.0 Å². The van der Waals surface area contributed by atoms with Crippen LogP contribution in [0.1, 0.15) is 31.3 Å². The van der Waals surface area contributed by atoms with Crippen molar-refractivity contribution in [3.8, 4) is 5.69 Å². The molecule has 0 aliphatic heterocycles. The second-order valence-corrected chi connectivity index (χ2v) is 5.97. The van der Waals surface area contributed by atoms with E-state index >= 15 is 0 Å². The van der Waals surface area contributed by atoms with E-state index < -0.39 is 0 Å². The van der Waals surface area contributed by atoms with Gasteiger partial charge in [0.25, 0.3) is 5.91 Å². The Morgan fingerprint density at radius 2 is 1.86 bits per heavy atom. The summed E-state index contributed by atoms with van der Waals surface area (Å²) in [7, 11) is 0. The summed E-state index contributed by atoms with van der Waals surface area (Å²) in [5.74, 6) is -0.572. The lowest BCUT2D eigenvalue weighted by atomic mass is 10.1. The highest BCUT2D eigenvalue weighted by molar-refractivity contribution is 5.95. The number of nitrogens with zero attached hydrogens (tertiary/aromatic N) is 2. The minimum absolute atomic E-state index is 0.0733. The van der Waals surface area contributed by atoms with Gasteiger partial charge in [-0.2, -0.15) is 0 Å². The van der Waals surface area contributed by atoms with Gasteiger partial charge in [-0.05, 0) is 32.9 Å². The van der Waals surface area contributed by atoms with Crippen LogP contribution in [0.5, 0.6) is 0 Å². The average molecular weight is 300 g/mol. The Bertz CT molecular complexity index is 656. The molecule has 0 aliphatic carbocycles. The summed E-state index contributed by atoms with van der Waals surface area (Å²) in [4.78, 5) is 28.0. The Morgan fingerprint density at radius 3 is 2.50 bits per heavy atom. The molecule has 0 radical (unpaired) electrons. The fraction of sp³-hybridized carbons (Fsp3) is 0.312. The molecule has 0 aliphatic rings. The van der Waals surface area contributed by atoms with Crippen molar-refractivity contribution < 1.29 is 9.59 Å². The van der Waals surface area contributed by atoms with Crippen LogP contribution >= 0.6 is 0 Å². The van der Waals surface area contributed by atoms with Crippen molar-refractivity contribution >= 4 is 11.8 Å². The van der Waals surface area contributed by atoms with Gasteiger partial charge in [-0.25, -0.2) is 4.98 Å². The lowest BCUT2D eigenvalue weighted by Gasteiger charge is -2.20. The Hall–Kier alpha value is -2.63. The maximum Gasteiger partial charge on any atom is 0.270 e. The van der Waals surface area contributed by atoms with E-state index in [0.717, 1.165) is 5.69 Å². The van der Waals surface area contributed by atoms with Gasteiger partial charge >= 0.3 is 0 Å². The van der Waals surface area contributed by atoms with E-state index in [0.29, 0.717) is 5.69 Å². The van der Waals surface area contributed by atoms with Crippen LogP contribution in [-0.2, 0) is 4.79 Å². The highest BCUT2D eigenvalue weighted by Gasteiger charge is 2.16. The van der Waals surface area contributed by atoms with Gasteiger partial charge in [-0.3, -0.25) is 14.2 Å². The van der Waals surface area contributed by atoms with E-state index in [4.69, 9.17) is 0 Å². The van der Waals surface area contributed by atoms with Gasteiger partial charge in [-0.1, -0.05) is 18.2 Å². The van der Waals surface area contributed by atoms with Crippen LogP contribution in [0.25, 0.3) is 5.69 Å². The number of imidazole rings is 1. The van der Waals surface area contributed by atoms with Crippen molar-refractivity contribution in [2.75, 3.05) is 6.54 Å². The minimum Gasteiger partial charge on any atom is -0.350 e. The van der Waals surface area contributed by atoms with Gasteiger partial charge < -0.3 is 10.6 Å². The minimum atomic E-state index is -0.342. The molecule has 6 heteroatoms. The van der Waals surface area contributed by atoms with Gasteiger partial charge in [0.05, 0.1) is 19.1 Å². The fourth-order valence-corrected chi connectivity index (χ4v) is 1.97. The van der Waals surface area contributed by atoms with Crippen molar-refractivity contribution in [2.45, 2.75) is 26.3 Å². The number of aromatic nitrogens is 2. The van der Waals surface area contributed by atoms with Crippen LogP contribution in [0.2, 0.25) is 0 Å². The van der Waals surface area contributed by atoms with Crippen molar-refractivity contribution in [3.63, 3.8) is 0 Å². The molecule has 1 aromatic heterocycles. The van der Waals surface area contributed by atoms with E-state index in [1.54, 1.807) is 10.9 Å². The Balaban J connectivity index is 2.03. The van der Waals surface area contributed by atoms with E-state index in [2.05, 4.69) is 15.6 Å². The Kier molecular flexibility index (Phi) is 4.60. The largest absolute Gasteiger partial charge is 0.350 e. The number of para-hydroxylation sites is 1. The maximum atomic E-state index is 12.2. The van der Waals surface area contributed by atoms with Crippen LogP contribution < -0.4 is 10.6 Å². The molecule has 0 fully saturated rings. The fourth-order valence-electron chi connectivity index (χ4n) is 1.97. The molecule has 0 saturated heterocycles. The summed E-state index contributed by atoms with van der Waals surface area (Å²) in [6.07, 6.45) is 3.05.